The smallest absolute Gasteiger partial charge is 0.305 e. The lowest BCUT2D eigenvalue weighted by atomic mass is 10.1. The molecule has 0 saturated carbocycles. The summed E-state index contributed by atoms with van der Waals surface area (Å²) < 4.78 is 9.44. The van der Waals surface area contributed by atoms with Gasteiger partial charge < -0.3 is 9.47 Å². The van der Waals surface area contributed by atoms with Gasteiger partial charge in [0.05, 0.1) is 13.8 Å². The molecule has 0 bridgehead atoms. The zero-order chi connectivity index (χ0) is 15.6. The summed E-state index contributed by atoms with van der Waals surface area (Å²) >= 11 is 5.32. The van der Waals surface area contributed by atoms with Crippen LogP contribution in [0.5, 0.6) is 0 Å². The van der Waals surface area contributed by atoms with Gasteiger partial charge in [0.1, 0.15) is 6.07 Å². The van der Waals surface area contributed by atoms with Crippen LogP contribution in [0.3, 0.4) is 0 Å². The number of halogens is 1. The van der Waals surface area contributed by atoms with E-state index >= 15 is 0 Å². The van der Waals surface area contributed by atoms with Crippen LogP contribution in [0.4, 0.5) is 0 Å². The predicted octanol–water partition coefficient (Wildman–Crippen LogP) is 3.56. The van der Waals surface area contributed by atoms with E-state index in [2.05, 4.69) is 10.1 Å². The number of esters is 1. The highest BCUT2D eigenvalue weighted by Gasteiger charge is 1.98. The Balaban J connectivity index is 0.000000547. The SMILES string of the molecule is COC(=O)CCCCCCNCOCCl.c1ccccc1. The maximum absolute atomic E-state index is 10.8. The second-order valence-electron chi connectivity index (χ2n) is 4.35. The Morgan fingerprint density at radius 2 is 1.57 bits per heavy atom. The third-order valence-corrected chi connectivity index (χ3v) is 2.81. The van der Waals surface area contributed by atoms with Crippen LogP contribution in [0, 0.1) is 0 Å². The van der Waals surface area contributed by atoms with Gasteiger partial charge in [0, 0.05) is 6.42 Å². The summed E-state index contributed by atoms with van der Waals surface area (Å²) in [5, 5.41) is 3.10. The topological polar surface area (TPSA) is 47.6 Å². The molecule has 0 spiro atoms. The molecule has 0 atom stereocenters. The molecule has 0 saturated heterocycles. The molecule has 0 amide bonds. The first-order valence-electron chi connectivity index (χ1n) is 7.22. The van der Waals surface area contributed by atoms with Crippen LogP contribution >= 0.6 is 11.6 Å². The molecular formula is C16H26ClNO3. The summed E-state index contributed by atoms with van der Waals surface area (Å²) in [4.78, 5) is 10.8. The van der Waals surface area contributed by atoms with Crippen molar-refractivity contribution in [2.45, 2.75) is 32.1 Å². The Morgan fingerprint density at radius 3 is 2.10 bits per heavy atom. The maximum Gasteiger partial charge on any atom is 0.305 e. The molecule has 0 fully saturated rings. The fraction of sp³-hybridized carbons (Fsp3) is 0.562. The van der Waals surface area contributed by atoms with Crippen molar-refractivity contribution < 1.29 is 14.3 Å². The predicted molar refractivity (Wildman–Crippen MR) is 86.2 cm³/mol. The Bertz CT molecular complexity index is 296. The molecule has 21 heavy (non-hydrogen) atoms. The summed E-state index contributed by atoms with van der Waals surface area (Å²) in [5.74, 6) is -0.122. The van der Waals surface area contributed by atoms with Gasteiger partial charge >= 0.3 is 5.97 Å². The molecule has 0 heterocycles. The van der Waals surface area contributed by atoms with Crippen molar-refractivity contribution in [2.24, 2.45) is 0 Å². The number of hydrogen-bond donors (Lipinski definition) is 1. The van der Waals surface area contributed by atoms with Crippen molar-refractivity contribution in [3.63, 3.8) is 0 Å². The standard InChI is InChI=1S/C10H20ClNO3.C6H6/c1-14-10(13)6-4-2-3-5-7-12-9-15-8-11;1-2-4-6-5-3-1/h12H,2-9H2,1H3;1-6H. The highest BCUT2D eigenvalue weighted by molar-refractivity contribution is 6.17. The van der Waals surface area contributed by atoms with E-state index < -0.39 is 0 Å². The minimum absolute atomic E-state index is 0.122. The highest BCUT2D eigenvalue weighted by atomic mass is 35.5. The van der Waals surface area contributed by atoms with Gasteiger partial charge in [0.15, 0.2) is 0 Å². The van der Waals surface area contributed by atoms with Crippen LogP contribution in [0.15, 0.2) is 36.4 Å². The van der Waals surface area contributed by atoms with Crippen molar-refractivity contribution in [3.8, 4) is 0 Å². The number of nitrogens with one attached hydrogen (secondary N) is 1. The molecule has 0 radical (unpaired) electrons. The van der Waals surface area contributed by atoms with Gasteiger partial charge in [-0.3, -0.25) is 10.1 Å². The zero-order valence-electron chi connectivity index (χ0n) is 12.7. The number of alkyl halides is 1. The lowest BCUT2D eigenvalue weighted by molar-refractivity contribution is -0.140. The molecule has 0 aliphatic heterocycles. The average Bonchev–Trinajstić information content (AvgIpc) is 2.55. The average molecular weight is 316 g/mol. The number of carbonyl (C=O) groups excluding carboxylic acids is 1. The van der Waals surface area contributed by atoms with E-state index in [1.165, 1.54) is 7.11 Å². The second kappa shape index (κ2) is 17.0. The zero-order valence-corrected chi connectivity index (χ0v) is 13.5. The number of benzene rings is 1. The van der Waals surface area contributed by atoms with Gasteiger partial charge in [0.25, 0.3) is 0 Å². The van der Waals surface area contributed by atoms with Gasteiger partial charge in [-0.25, -0.2) is 0 Å². The minimum Gasteiger partial charge on any atom is -0.469 e. The summed E-state index contributed by atoms with van der Waals surface area (Å²) in [6.45, 7) is 1.43. The molecule has 0 aliphatic carbocycles. The summed E-state index contributed by atoms with van der Waals surface area (Å²) in [5.41, 5.74) is 0. The molecule has 1 N–H and O–H groups in total. The van der Waals surface area contributed by atoms with Crippen molar-refractivity contribution in [2.75, 3.05) is 26.5 Å². The van der Waals surface area contributed by atoms with Gasteiger partial charge in [-0.05, 0) is 19.4 Å². The van der Waals surface area contributed by atoms with Crippen molar-refractivity contribution in [3.05, 3.63) is 36.4 Å². The Labute approximate surface area is 132 Å². The van der Waals surface area contributed by atoms with Crippen LogP contribution in [0.2, 0.25) is 0 Å². The quantitative estimate of drug-likeness (QED) is 0.310. The van der Waals surface area contributed by atoms with E-state index in [1.807, 2.05) is 36.4 Å². The van der Waals surface area contributed by atoms with Crippen molar-refractivity contribution in [1.29, 1.82) is 0 Å². The van der Waals surface area contributed by atoms with Gasteiger partial charge in [-0.15, -0.1) is 0 Å². The first-order valence-corrected chi connectivity index (χ1v) is 7.76. The molecule has 4 nitrogen and oxygen atoms in total. The normalized spacial score (nSPS) is 9.62. The van der Waals surface area contributed by atoms with Crippen molar-refractivity contribution >= 4 is 17.6 Å². The van der Waals surface area contributed by atoms with Crippen LogP contribution in [0.25, 0.3) is 0 Å². The molecule has 120 valence electrons. The Kier molecular flexibility index (Phi) is 16.1. The van der Waals surface area contributed by atoms with E-state index in [-0.39, 0.29) is 12.0 Å². The van der Waals surface area contributed by atoms with E-state index in [9.17, 15) is 4.79 Å². The van der Waals surface area contributed by atoms with E-state index in [0.29, 0.717) is 13.2 Å². The molecular weight excluding hydrogens is 290 g/mol. The van der Waals surface area contributed by atoms with Crippen molar-refractivity contribution in [1.82, 2.24) is 5.32 Å². The van der Waals surface area contributed by atoms with Crippen LogP contribution in [-0.2, 0) is 14.3 Å². The highest BCUT2D eigenvalue weighted by Crippen LogP contribution is 2.03. The number of ether oxygens (including phenoxy) is 2. The lowest BCUT2D eigenvalue weighted by Gasteiger charge is -2.03. The summed E-state index contributed by atoms with van der Waals surface area (Å²) in [6.07, 6.45) is 4.70. The molecule has 1 aromatic rings. The number of rotatable bonds is 10. The van der Waals surface area contributed by atoms with E-state index in [0.717, 1.165) is 32.2 Å². The van der Waals surface area contributed by atoms with Gasteiger partial charge in [0.2, 0.25) is 0 Å². The number of unbranched alkanes of at least 4 members (excludes halogenated alkanes) is 3. The number of methoxy groups -OCH3 is 1. The van der Waals surface area contributed by atoms with Gasteiger partial charge in [-0.2, -0.15) is 0 Å². The molecule has 0 aromatic heterocycles. The van der Waals surface area contributed by atoms with Crippen LogP contribution in [-0.4, -0.2) is 32.4 Å². The molecule has 0 unspecified atom stereocenters. The third-order valence-electron chi connectivity index (χ3n) is 2.66. The van der Waals surface area contributed by atoms with Crippen LogP contribution < -0.4 is 5.32 Å². The van der Waals surface area contributed by atoms with Gasteiger partial charge in [-0.1, -0.05) is 60.8 Å². The Morgan fingerprint density at radius 1 is 1.00 bits per heavy atom. The minimum atomic E-state index is -0.122. The second-order valence-corrected chi connectivity index (χ2v) is 4.57. The first-order chi connectivity index (χ1) is 10.3. The number of carbonyl (C=O) groups is 1. The van der Waals surface area contributed by atoms with E-state index in [4.69, 9.17) is 16.3 Å². The monoisotopic (exact) mass is 315 g/mol. The molecule has 1 rings (SSSR count). The molecule has 5 heteroatoms. The largest absolute Gasteiger partial charge is 0.469 e. The Hall–Kier alpha value is -1.10. The summed E-state index contributed by atoms with van der Waals surface area (Å²) in [7, 11) is 1.42. The van der Waals surface area contributed by atoms with E-state index in [1.54, 1.807) is 0 Å². The molecule has 0 aliphatic rings. The molecule has 1 aromatic carbocycles. The third kappa shape index (κ3) is 16.8. The fourth-order valence-electron chi connectivity index (χ4n) is 1.54. The summed E-state index contributed by atoms with van der Waals surface area (Å²) in [6, 6.07) is 12.2. The van der Waals surface area contributed by atoms with Crippen LogP contribution in [0.1, 0.15) is 32.1 Å². The maximum atomic E-state index is 10.8. The fourth-order valence-corrected chi connectivity index (χ4v) is 1.62. The first kappa shape index (κ1) is 19.9. The number of hydrogen-bond acceptors (Lipinski definition) is 4. The lowest BCUT2D eigenvalue weighted by Crippen LogP contribution is -2.18.